The molecule has 0 aromatic heterocycles. The minimum absolute atomic E-state index is 0.0910. The van der Waals surface area contributed by atoms with Crippen molar-refractivity contribution in [3.8, 4) is 0 Å². The second-order valence-electron chi connectivity index (χ2n) is 5.25. The summed E-state index contributed by atoms with van der Waals surface area (Å²) in [5, 5.41) is 9.92. The number of rotatable bonds is 3. The van der Waals surface area contributed by atoms with Crippen LogP contribution in [0, 0.1) is 11.2 Å². The summed E-state index contributed by atoms with van der Waals surface area (Å²) in [5.74, 6) is -0.379. The van der Waals surface area contributed by atoms with Crippen molar-refractivity contribution in [3.05, 3.63) is 35.6 Å². The molecule has 0 bridgehead atoms. The SMILES string of the molecule is CC(C)(C)[C@@H](N)C[C@@H](O)c1ccccc1F. The van der Waals surface area contributed by atoms with E-state index in [-0.39, 0.29) is 17.3 Å². The van der Waals surface area contributed by atoms with Crippen molar-refractivity contribution >= 4 is 0 Å². The largest absolute Gasteiger partial charge is 0.388 e. The molecule has 0 spiro atoms. The zero-order valence-electron chi connectivity index (χ0n) is 10.1. The van der Waals surface area contributed by atoms with Crippen LogP contribution in [0.3, 0.4) is 0 Å². The van der Waals surface area contributed by atoms with Gasteiger partial charge in [-0.05, 0) is 17.9 Å². The molecule has 0 aliphatic carbocycles. The lowest BCUT2D eigenvalue weighted by molar-refractivity contribution is 0.130. The minimum atomic E-state index is -0.838. The maximum atomic E-state index is 13.4. The van der Waals surface area contributed by atoms with Gasteiger partial charge in [-0.25, -0.2) is 4.39 Å². The van der Waals surface area contributed by atoms with E-state index in [4.69, 9.17) is 5.73 Å². The summed E-state index contributed by atoms with van der Waals surface area (Å²) in [6, 6.07) is 6.10. The Morgan fingerprint density at radius 2 is 1.88 bits per heavy atom. The Kier molecular flexibility index (Phi) is 4.05. The van der Waals surface area contributed by atoms with E-state index in [0.29, 0.717) is 12.0 Å². The number of nitrogens with two attached hydrogens (primary N) is 1. The van der Waals surface area contributed by atoms with Gasteiger partial charge in [-0.15, -0.1) is 0 Å². The quantitative estimate of drug-likeness (QED) is 0.830. The van der Waals surface area contributed by atoms with Crippen molar-refractivity contribution in [2.75, 3.05) is 0 Å². The molecule has 0 fully saturated rings. The van der Waals surface area contributed by atoms with Gasteiger partial charge < -0.3 is 10.8 Å². The van der Waals surface area contributed by atoms with Crippen molar-refractivity contribution in [2.45, 2.75) is 39.3 Å². The highest BCUT2D eigenvalue weighted by Crippen LogP contribution is 2.27. The van der Waals surface area contributed by atoms with Gasteiger partial charge >= 0.3 is 0 Å². The van der Waals surface area contributed by atoms with E-state index in [1.807, 2.05) is 20.8 Å². The number of benzene rings is 1. The van der Waals surface area contributed by atoms with Gasteiger partial charge in [0.2, 0.25) is 0 Å². The van der Waals surface area contributed by atoms with Crippen LogP contribution >= 0.6 is 0 Å². The van der Waals surface area contributed by atoms with Crippen LogP contribution in [0.2, 0.25) is 0 Å². The van der Waals surface area contributed by atoms with Crippen molar-refractivity contribution in [1.82, 2.24) is 0 Å². The highest BCUT2D eigenvalue weighted by Gasteiger charge is 2.24. The maximum absolute atomic E-state index is 13.4. The number of hydrogen-bond donors (Lipinski definition) is 2. The standard InChI is InChI=1S/C13H20FNO/c1-13(2,3)12(15)8-11(16)9-6-4-5-7-10(9)14/h4-7,11-12,16H,8,15H2,1-3H3/t11-,12+/m1/s1. The minimum Gasteiger partial charge on any atom is -0.388 e. The first kappa shape index (κ1) is 13.1. The summed E-state index contributed by atoms with van der Waals surface area (Å²) >= 11 is 0. The molecule has 1 aromatic rings. The molecule has 1 aromatic carbocycles. The molecule has 2 atom stereocenters. The third-order valence-corrected chi connectivity index (χ3v) is 2.85. The predicted octanol–water partition coefficient (Wildman–Crippen LogP) is 2.62. The molecule has 0 aliphatic rings. The fourth-order valence-corrected chi connectivity index (χ4v) is 1.47. The summed E-state index contributed by atoms with van der Waals surface area (Å²) in [6.07, 6.45) is -0.472. The van der Waals surface area contributed by atoms with Crippen molar-refractivity contribution in [3.63, 3.8) is 0 Å². The van der Waals surface area contributed by atoms with Crippen LogP contribution in [0.5, 0.6) is 0 Å². The van der Waals surface area contributed by atoms with Crippen LogP contribution in [-0.4, -0.2) is 11.1 Å². The lowest BCUT2D eigenvalue weighted by Crippen LogP contribution is -2.36. The second-order valence-corrected chi connectivity index (χ2v) is 5.25. The van der Waals surface area contributed by atoms with Gasteiger partial charge in [0.25, 0.3) is 0 Å². The van der Waals surface area contributed by atoms with Gasteiger partial charge in [0, 0.05) is 11.6 Å². The molecule has 0 amide bonds. The van der Waals surface area contributed by atoms with Crippen LogP contribution in [0.25, 0.3) is 0 Å². The van der Waals surface area contributed by atoms with Crippen LogP contribution in [0.1, 0.15) is 38.9 Å². The number of hydrogen-bond acceptors (Lipinski definition) is 2. The summed E-state index contributed by atoms with van der Waals surface area (Å²) in [7, 11) is 0. The Bertz CT molecular complexity index is 346. The molecule has 0 heterocycles. The summed E-state index contributed by atoms with van der Waals surface area (Å²) in [6.45, 7) is 6.02. The molecule has 0 saturated heterocycles. The molecule has 90 valence electrons. The van der Waals surface area contributed by atoms with Crippen LogP contribution < -0.4 is 5.73 Å². The molecule has 0 saturated carbocycles. The summed E-state index contributed by atoms with van der Waals surface area (Å²) in [4.78, 5) is 0. The first-order chi connectivity index (χ1) is 7.32. The van der Waals surface area contributed by atoms with Gasteiger partial charge in [0.1, 0.15) is 5.82 Å². The monoisotopic (exact) mass is 225 g/mol. The van der Waals surface area contributed by atoms with E-state index >= 15 is 0 Å². The summed E-state index contributed by atoms with van der Waals surface area (Å²) < 4.78 is 13.4. The fraction of sp³-hybridized carbons (Fsp3) is 0.538. The fourth-order valence-electron chi connectivity index (χ4n) is 1.47. The third kappa shape index (κ3) is 3.29. The molecule has 3 heteroatoms. The van der Waals surface area contributed by atoms with E-state index in [1.165, 1.54) is 6.07 Å². The van der Waals surface area contributed by atoms with Crippen LogP contribution in [0.15, 0.2) is 24.3 Å². The Morgan fingerprint density at radius 1 is 1.31 bits per heavy atom. The van der Waals surface area contributed by atoms with E-state index in [9.17, 15) is 9.50 Å². The number of halogens is 1. The Balaban J connectivity index is 2.73. The lowest BCUT2D eigenvalue weighted by atomic mass is 9.83. The normalized spacial score (nSPS) is 15.9. The molecule has 16 heavy (non-hydrogen) atoms. The zero-order chi connectivity index (χ0) is 12.3. The van der Waals surface area contributed by atoms with Gasteiger partial charge in [-0.1, -0.05) is 39.0 Å². The van der Waals surface area contributed by atoms with Gasteiger partial charge in [0.05, 0.1) is 6.10 Å². The molecular formula is C13H20FNO. The Labute approximate surface area is 96.3 Å². The van der Waals surface area contributed by atoms with Gasteiger partial charge in [-0.3, -0.25) is 0 Å². The molecule has 1 rings (SSSR count). The highest BCUT2D eigenvalue weighted by atomic mass is 19.1. The van der Waals surface area contributed by atoms with Crippen molar-refractivity contribution in [1.29, 1.82) is 0 Å². The average molecular weight is 225 g/mol. The summed E-state index contributed by atoms with van der Waals surface area (Å²) in [5.41, 5.74) is 6.19. The number of aliphatic hydroxyl groups excluding tert-OH is 1. The van der Waals surface area contributed by atoms with Gasteiger partial charge in [-0.2, -0.15) is 0 Å². The first-order valence-electron chi connectivity index (χ1n) is 5.50. The molecule has 3 N–H and O–H groups in total. The van der Waals surface area contributed by atoms with E-state index in [0.717, 1.165) is 0 Å². The zero-order valence-corrected chi connectivity index (χ0v) is 10.1. The van der Waals surface area contributed by atoms with E-state index in [2.05, 4.69) is 0 Å². The predicted molar refractivity (Wildman–Crippen MR) is 63.4 cm³/mol. The molecular weight excluding hydrogens is 205 g/mol. The maximum Gasteiger partial charge on any atom is 0.128 e. The Hall–Kier alpha value is -0.930. The van der Waals surface area contributed by atoms with Gasteiger partial charge in [0.15, 0.2) is 0 Å². The highest BCUT2D eigenvalue weighted by molar-refractivity contribution is 5.20. The second kappa shape index (κ2) is 4.93. The smallest absolute Gasteiger partial charge is 0.128 e. The van der Waals surface area contributed by atoms with Crippen LogP contribution in [0.4, 0.5) is 4.39 Å². The Morgan fingerprint density at radius 3 is 2.38 bits per heavy atom. The first-order valence-corrected chi connectivity index (χ1v) is 5.50. The van der Waals surface area contributed by atoms with E-state index < -0.39 is 6.10 Å². The van der Waals surface area contributed by atoms with Crippen molar-refractivity contribution in [2.24, 2.45) is 11.1 Å². The third-order valence-electron chi connectivity index (χ3n) is 2.85. The van der Waals surface area contributed by atoms with Crippen molar-refractivity contribution < 1.29 is 9.50 Å². The number of aliphatic hydroxyl groups is 1. The van der Waals surface area contributed by atoms with Crippen LogP contribution in [-0.2, 0) is 0 Å². The van der Waals surface area contributed by atoms with E-state index in [1.54, 1.807) is 18.2 Å². The average Bonchev–Trinajstić information content (AvgIpc) is 2.16. The lowest BCUT2D eigenvalue weighted by Gasteiger charge is -2.29. The molecule has 2 nitrogen and oxygen atoms in total. The molecule has 0 radical (unpaired) electrons. The topological polar surface area (TPSA) is 46.2 Å². The molecule has 0 aliphatic heterocycles. The molecule has 0 unspecified atom stereocenters.